The Balaban J connectivity index is 1.76. The van der Waals surface area contributed by atoms with E-state index in [0.717, 1.165) is 32.5 Å². The van der Waals surface area contributed by atoms with Gasteiger partial charge in [0.2, 0.25) is 5.91 Å². The van der Waals surface area contributed by atoms with Gasteiger partial charge in [0.1, 0.15) is 0 Å². The first kappa shape index (κ1) is 13.0. The van der Waals surface area contributed by atoms with Gasteiger partial charge in [-0.2, -0.15) is 0 Å². The number of nitrogens with two attached hydrogens (primary N) is 1. The van der Waals surface area contributed by atoms with E-state index in [2.05, 4.69) is 10.3 Å². The number of piperidine rings is 1. The summed E-state index contributed by atoms with van der Waals surface area (Å²) >= 11 is 0. The Kier molecular flexibility index (Phi) is 4.30. The quantitative estimate of drug-likeness (QED) is 0.832. The summed E-state index contributed by atoms with van der Waals surface area (Å²) in [6, 6.07) is -0.0506. The van der Waals surface area contributed by atoms with Gasteiger partial charge in [-0.25, -0.2) is 0 Å². The van der Waals surface area contributed by atoms with E-state index >= 15 is 0 Å². The first-order valence-corrected chi connectivity index (χ1v) is 6.52. The third-order valence-electron chi connectivity index (χ3n) is 3.38. The van der Waals surface area contributed by atoms with Crippen LogP contribution in [-0.2, 0) is 11.3 Å². The Hall–Kier alpha value is -1.43. The van der Waals surface area contributed by atoms with Crippen LogP contribution in [0.5, 0.6) is 0 Å². The summed E-state index contributed by atoms with van der Waals surface area (Å²) in [5, 5.41) is 7.77. The standard InChI is InChI=1S/C12H21N5O/c1-10(13)8-12(18)16-5-2-11(3-6-16)9-17-7-4-14-15-17/h4,7,10-11H,2-3,5-6,8-9,13H2,1H3/t10-/m1/s1. The number of carbonyl (C=O) groups is 1. The lowest BCUT2D eigenvalue weighted by molar-refractivity contribution is -0.132. The molecule has 18 heavy (non-hydrogen) atoms. The Morgan fingerprint density at radius 3 is 2.78 bits per heavy atom. The monoisotopic (exact) mass is 251 g/mol. The molecule has 2 rings (SSSR count). The molecule has 0 bridgehead atoms. The van der Waals surface area contributed by atoms with Gasteiger partial charge in [-0.3, -0.25) is 9.48 Å². The van der Waals surface area contributed by atoms with Gasteiger partial charge in [0, 0.05) is 38.3 Å². The molecule has 1 aromatic rings. The maximum Gasteiger partial charge on any atom is 0.224 e. The number of nitrogens with zero attached hydrogens (tertiary/aromatic N) is 4. The van der Waals surface area contributed by atoms with Crippen molar-refractivity contribution in [2.75, 3.05) is 13.1 Å². The smallest absolute Gasteiger partial charge is 0.224 e. The van der Waals surface area contributed by atoms with Crippen molar-refractivity contribution in [3.05, 3.63) is 12.4 Å². The van der Waals surface area contributed by atoms with Gasteiger partial charge >= 0.3 is 0 Å². The van der Waals surface area contributed by atoms with Gasteiger partial charge in [-0.1, -0.05) is 5.21 Å². The lowest BCUT2D eigenvalue weighted by atomic mass is 9.96. The fraction of sp³-hybridized carbons (Fsp3) is 0.750. The van der Waals surface area contributed by atoms with E-state index in [1.165, 1.54) is 0 Å². The molecule has 1 saturated heterocycles. The lowest BCUT2D eigenvalue weighted by Crippen LogP contribution is -2.41. The van der Waals surface area contributed by atoms with Crippen LogP contribution in [0.1, 0.15) is 26.2 Å². The van der Waals surface area contributed by atoms with Crippen LogP contribution in [0.4, 0.5) is 0 Å². The molecule has 1 aliphatic rings. The zero-order chi connectivity index (χ0) is 13.0. The van der Waals surface area contributed by atoms with E-state index in [9.17, 15) is 4.79 Å². The Morgan fingerprint density at radius 1 is 1.50 bits per heavy atom. The zero-order valence-corrected chi connectivity index (χ0v) is 10.8. The van der Waals surface area contributed by atoms with Crippen molar-refractivity contribution >= 4 is 5.91 Å². The SMILES string of the molecule is C[C@@H](N)CC(=O)N1CCC(Cn2ccnn2)CC1. The minimum atomic E-state index is -0.0506. The number of rotatable bonds is 4. The van der Waals surface area contributed by atoms with Gasteiger partial charge in [0.25, 0.3) is 0 Å². The van der Waals surface area contributed by atoms with Crippen LogP contribution in [0.3, 0.4) is 0 Å². The van der Waals surface area contributed by atoms with E-state index < -0.39 is 0 Å². The van der Waals surface area contributed by atoms with Crippen molar-refractivity contribution in [3.63, 3.8) is 0 Å². The number of amides is 1. The second kappa shape index (κ2) is 5.95. The molecule has 1 atom stereocenters. The van der Waals surface area contributed by atoms with E-state index in [4.69, 9.17) is 5.73 Å². The molecule has 0 aliphatic carbocycles. The van der Waals surface area contributed by atoms with E-state index in [1.807, 2.05) is 22.7 Å². The summed E-state index contributed by atoms with van der Waals surface area (Å²) in [6.45, 7) is 4.44. The van der Waals surface area contributed by atoms with Crippen LogP contribution >= 0.6 is 0 Å². The van der Waals surface area contributed by atoms with Gasteiger partial charge in [-0.05, 0) is 25.7 Å². The molecule has 1 fully saturated rings. The van der Waals surface area contributed by atoms with Crippen LogP contribution in [0.25, 0.3) is 0 Å². The van der Waals surface area contributed by atoms with Crippen molar-refractivity contribution in [2.24, 2.45) is 11.7 Å². The van der Waals surface area contributed by atoms with Gasteiger partial charge in [-0.15, -0.1) is 5.10 Å². The van der Waals surface area contributed by atoms with Crippen LogP contribution < -0.4 is 5.73 Å². The average molecular weight is 251 g/mol. The molecule has 1 aromatic heterocycles. The van der Waals surface area contributed by atoms with Crippen molar-refractivity contribution in [3.8, 4) is 0 Å². The minimum Gasteiger partial charge on any atom is -0.343 e. The van der Waals surface area contributed by atoms with E-state index in [0.29, 0.717) is 12.3 Å². The second-order valence-corrected chi connectivity index (χ2v) is 5.13. The van der Waals surface area contributed by atoms with Crippen molar-refractivity contribution < 1.29 is 4.79 Å². The predicted molar refractivity (Wildman–Crippen MR) is 67.6 cm³/mol. The zero-order valence-electron chi connectivity index (χ0n) is 10.8. The summed E-state index contributed by atoms with van der Waals surface area (Å²) in [6.07, 6.45) is 6.10. The van der Waals surface area contributed by atoms with Crippen molar-refractivity contribution in [1.29, 1.82) is 0 Å². The molecule has 0 aromatic carbocycles. The lowest BCUT2D eigenvalue weighted by Gasteiger charge is -2.32. The molecule has 0 saturated carbocycles. The number of hydrogen-bond donors (Lipinski definition) is 1. The number of likely N-dealkylation sites (tertiary alicyclic amines) is 1. The molecule has 100 valence electrons. The molecule has 0 radical (unpaired) electrons. The molecular weight excluding hydrogens is 230 g/mol. The summed E-state index contributed by atoms with van der Waals surface area (Å²) < 4.78 is 1.87. The van der Waals surface area contributed by atoms with E-state index in [-0.39, 0.29) is 11.9 Å². The highest BCUT2D eigenvalue weighted by atomic mass is 16.2. The Labute approximate surface area is 107 Å². The summed E-state index contributed by atoms with van der Waals surface area (Å²) in [4.78, 5) is 13.8. The van der Waals surface area contributed by atoms with Crippen LogP contribution in [-0.4, -0.2) is 44.9 Å². The molecule has 6 heteroatoms. The fourth-order valence-corrected chi connectivity index (χ4v) is 2.36. The third kappa shape index (κ3) is 3.53. The molecule has 1 amide bonds. The van der Waals surface area contributed by atoms with Crippen molar-refractivity contribution in [1.82, 2.24) is 19.9 Å². The third-order valence-corrected chi connectivity index (χ3v) is 3.38. The molecule has 2 heterocycles. The fourth-order valence-electron chi connectivity index (χ4n) is 2.36. The van der Waals surface area contributed by atoms with Gasteiger partial charge in [0.15, 0.2) is 0 Å². The minimum absolute atomic E-state index is 0.0506. The van der Waals surface area contributed by atoms with Crippen LogP contribution in [0.2, 0.25) is 0 Å². The summed E-state index contributed by atoms with van der Waals surface area (Å²) in [7, 11) is 0. The first-order chi connectivity index (χ1) is 8.65. The summed E-state index contributed by atoms with van der Waals surface area (Å²) in [5.74, 6) is 0.773. The largest absolute Gasteiger partial charge is 0.343 e. The molecule has 2 N–H and O–H groups in total. The Morgan fingerprint density at radius 2 is 2.22 bits per heavy atom. The molecule has 6 nitrogen and oxygen atoms in total. The molecular formula is C12H21N5O. The van der Waals surface area contributed by atoms with Gasteiger partial charge < -0.3 is 10.6 Å². The van der Waals surface area contributed by atoms with E-state index in [1.54, 1.807) is 6.20 Å². The number of aromatic nitrogens is 3. The topological polar surface area (TPSA) is 77.0 Å². The second-order valence-electron chi connectivity index (χ2n) is 5.13. The predicted octanol–water partition coefficient (Wildman–Crippen LogP) is 0.254. The maximum atomic E-state index is 11.9. The first-order valence-electron chi connectivity index (χ1n) is 6.52. The van der Waals surface area contributed by atoms with Crippen molar-refractivity contribution in [2.45, 2.75) is 38.8 Å². The van der Waals surface area contributed by atoms with Crippen LogP contribution in [0.15, 0.2) is 12.4 Å². The molecule has 0 unspecified atom stereocenters. The highest BCUT2D eigenvalue weighted by molar-refractivity contribution is 5.76. The maximum absolute atomic E-state index is 11.9. The number of carbonyl (C=O) groups excluding carboxylic acids is 1. The van der Waals surface area contributed by atoms with Crippen LogP contribution in [0, 0.1) is 5.92 Å². The Bertz CT molecular complexity index is 368. The normalized spacial score (nSPS) is 18.9. The van der Waals surface area contributed by atoms with Gasteiger partial charge in [0.05, 0.1) is 6.20 Å². The number of hydrogen-bond acceptors (Lipinski definition) is 4. The highest BCUT2D eigenvalue weighted by Gasteiger charge is 2.23. The molecule has 0 spiro atoms. The average Bonchev–Trinajstić information content (AvgIpc) is 2.82. The highest BCUT2D eigenvalue weighted by Crippen LogP contribution is 2.19. The summed E-state index contributed by atoms with van der Waals surface area (Å²) in [5.41, 5.74) is 5.65. The molecule has 1 aliphatic heterocycles.